The zero-order valence-corrected chi connectivity index (χ0v) is 15.9. The van der Waals surface area contributed by atoms with E-state index in [1.165, 1.54) is 21.9 Å². The highest BCUT2D eigenvalue weighted by Gasteiger charge is 2.08. The molecule has 0 atom stereocenters. The summed E-state index contributed by atoms with van der Waals surface area (Å²) in [4.78, 5) is 15.4. The lowest BCUT2D eigenvalue weighted by molar-refractivity contribution is 0.940. The molecule has 0 amide bonds. The average Bonchev–Trinajstić information content (AvgIpc) is 3.38. The van der Waals surface area contributed by atoms with E-state index in [9.17, 15) is 0 Å². The Balaban J connectivity index is 1.25. The van der Waals surface area contributed by atoms with Crippen LogP contribution in [0.4, 0.5) is 11.8 Å². The summed E-state index contributed by atoms with van der Waals surface area (Å²) < 4.78 is 0. The van der Waals surface area contributed by atoms with E-state index >= 15 is 0 Å². The molecule has 2 aromatic carbocycles. The third-order valence-corrected chi connectivity index (χ3v) is 5.30. The Morgan fingerprint density at radius 2 is 1.83 bits per heavy atom. The van der Waals surface area contributed by atoms with Gasteiger partial charge in [-0.15, -0.1) is 0 Å². The molecule has 0 spiro atoms. The molecule has 5 N–H and O–H groups in total. The van der Waals surface area contributed by atoms with Crippen molar-refractivity contribution in [3.8, 4) is 0 Å². The molecule has 0 saturated carbocycles. The number of aromatic amines is 2. The lowest BCUT2D eigenvalue weighted by Gasteiger charge is -2.09. The fourth-order valence-corrected chi connectivity index (χ4v) is 3.70. The van der Waals surface area contributed by atoms with Gasteiger partial charge in [-0.25, -0.2) is 4.98 Å². The van der Waals surface area contributed by atoms with Crippen LogP contribution in [0.25, 0.3) is 21.8 Å². The number of nitrogens with one attached hydrogen (secondary N) is 3. The van der Waals surface area contributed by atoms with Crippen LogP contribution in [0.15, 0.2) is 67.1 Å². The van der Waals surface area contributed by atoms with Crippen LogP contribution in [0.1, 0.15) is 16.7 Å². The van der Waals surface area contributed by atoms with Gasteiger partial charge in [0.05, 0.1) is 0 Å². The molecule has 144 valence electrons. The summed E-state index contributed by atoms with van der Waals surface area (Å²) in [5.74, 6) is 1.08. The summed E-state index contributed by atoms with van der Waals surface area (Å²) in [6.07, 6.45) is 7.54. The number of nitrogens with zero attached hydrogens (tertiary/aromatic N) is 2. The van der Waals surface area contributed by atoms with Gasteiger partial charge in [-0.05, 0) is 53.6 Å². The lowest BCUT2D eigenvalue weighted by Crippen LogP contribution is -2.07. The normalized spacial score (nSPS) is 11.3. The minimum absolute atomic E-state index is 0.531. The third-order valence-electron chi connectivity index (χ3n) is 5.30. The molecule has 0 aliphatic heterocycles. The van der Waals surface area contributed by atoms with Crippen LogP contribution in [0.2, 0.25) is 0 Å². The number of benzene rings is 2. The molecule has 0 fully saturated rings. The molecule has 5 rings (SSSR count). The highest BCUT2D eigenvalue weighted by molar-refractivity contribution is 5.83. The largest absolute Gasteiger partial charge is 0.383 e. The summed E-state index contributed by atoms with van der Waals surface area (Å²) in [5.41, 5.74) is 11.9. The van der Waals surface area contributed by atoms with Gasteiger partial charge in [0.15, 0.2) is 0 Å². The first-order valence-corrected chi connectivity index (χ1v) is 9.72. The predicted octanol–water partition coefficient (Wildman–Crippen LogP) is 4.42. The molecule has 0 unspecified atom stereocenters. The highest BCUT2D eigenvalue weighted by Crippen LogP contribution is 2.21. The van der Waals surface area contributed by atoms with Crippen molar-refractivity contribution in [3.05, 3.63) is 83.8 Å². The topological polar surface area (TPSA) is 95.4 Å². The Morgan fingerprint density at radius 3 is 2.76 bits per heavy atom. The molecule has 0 aliphatic rings. The van der Waals surface area contributed by atoms with Crippen LogP contribution in [0.3, 0.4) is 0 Å². The van der Waals surface area contributed by atoms with Gasteiger partial charge in [-0.3, -0.25) is 0 Å². The molecule has 6 heteroatoms. The number of rotatable bonds is 6. The van der Waals surface area contributed by atoms with Crippen molar-refractivity contribution >= 4 is 33.6 Å². The first-order chi connectivity index (χ1) is 14.3. The van der Waals surface area contributed by atoms with E-state index in [0.29, 0.717) is 18.3 Å². The smallest absolute Gasteiger partial charge is 0.224 e. The number of anilines is 2. The molecular weight excluding hydrogens is 360 g/mol. The Morgan fingerprint density at radius 1 is 0.931 bits per heavy atom. The Hall–Kier alpha value is -3.80. The molecule has 29 heavy (non-hydrogen) atoms. The van der Waals surface area contributed by atoms with E-state index in [4.69, 9.17) is 5.73 Å². The fraction of sp³-hybridized carbons (Fsp3) is 0.130. The van der Waals surface area contributed by atoms with Crippen molar-refractivity contribution < 1.29 is 0 Å². The quantitative estimate of drug-likeness (QED) is 0.350. The first kappa shape index (κ1) is 17.3. The van der Waals surface area contributed by atoms with Gasteiger partial charge < -0.3 is 21.0 Å². The van der Waals surface area contributed by atoms with Crippen molar-refractivity contribution in [2.45, 2.75) is 19.4 Å². The number of hydrogen-bond acceptors (Lipinski definition) is 4. The minimum Gasteiger partial charge on any atom is -0.383 e. The SMILES string of the molecule is Nc1nc(NCc2ccc3[nH]ccc3c2)ncc1CCc1c[nH]c2ccccc12. The highest BCUT2D eigenvalue weighted by atomic mass is 15.1. The van der Waals surface area contributed by atoms with Crippen molar-refractivity contribution in [1.82, 2.24) is 19.9 Å². The molecule has 0 aliphatic carbocycles. The number of aromatic nitrogens is 4. The zero-order chi connectivity index (χ0) is 19.6. The van der Waals surface area contributed by atoms with Gasteiger partial charge in [-0.1, -0.05) is 24.3 Å². The van der Waals surface area contributed by atoms with Crippen LogP contribution in [-0.2, 0) is 19.4 Å². The van der Waals surface area contributed by atoms with Crippen molar-refractivity contribution in [1.29, 1.82) is 0 Å². The minimum atomic E-state index is 0.531. The maximum absolute atomic E-state index is 6.20. The molecule has 0 saturated heterocycles. The number of fused-ring (bicyclic) bond motifs is 2. The maximum Gasteiger partial charge on any atom is 0.224 e. The summed E-state index contributed by atoms with van der Waals surface area (Å²) >= 11 is 0. The number of aryl methyl sites for hydroxylation is 2. The van der Waals surface area contributed by atoms with Crippen LogP contribution >= 0.6 is 0 Å². The van der Waals surface area contributed by atoms with E-state index < -0.39 is 0 Å². The van der Waals surface area contributed by atoms with Crippen LogP contribution in [0, 0.1) is 0 Å². The second kappa shape index (κ2) is 7.31. The predicted molar refractivity (Wildman–Crippen MR) is 118 cm³/mol. The van der Waals surface area contributed by atoms with Crippen LogP contribution in [-0.4, -0.2) is 19.9 Å². The Labute approximate surface area is 168 Å². The molecule has 3 heterocycles. The van der Waals surface area contributed by atoms with E-state index in [2.05, 4.69) is 73.9 Å². The first-order valence-electron chi connectivity index (χ1n) is 9.72. The van der Waals surface area contributed by atoms with Gasteiger partial charge in [0.25, 0.3) is 0 Å². The second-order valence-corrected chi connectivity index (χ2v) is 7.22. The van der Waals surface area contributed by atoms with Gasteiger partial charge in [0.2, 0.25) is 5.95 Å². The standard InChI is InChI=1S/C23H22N6/c24-22-18(7-6-17-13-26-21-4-2-1-3-19(17)21)14-28-23(29-22)27-12-15-5-8-20-16(11-15)9-10-25-20/h1-5,8-11,13-14,25-26H,6-7,12H2,(H3,24,27,28,29). The Kier molecular flexibility index (Phi) is 4.37. The Bertz CT molecular complexity index is 1280. The fourth-order valence-electron chi connectivity index (χ4n) is 3.70. The van der Waals surface area contributed by atoms with Crippen molar-refractivity contribution in [2.24, 2.45) is 0 Å². The monoisotopic (exact) mass is 382 g/mol. The van der Waals surface area contributed by atoms with E-state index in [1.54, 1.807) is 0 Å². The van der Waals surface area contributed by atoms with Crippen LogP contribution in [0.5, 0.6) is 0 Å². The maximum atomic E-state index is 6.20. The summed E-state index contributed by atoms with van der Waals surface area (Å²) in [6.45, 7) is 0.648. The number of H-pyrrole nitrogens is 2. The number of hydrogen-bond donors (Lipinski definition) is 4. The number of nitrogens with two attached hydrogens (primary N) is 1. The lowest BCUT2D eigenvalue weighted by atomic mass is 10.1. The molecule has 0 bridgehead atoms. The number of nitrogen functional groups attached to an aromatic ring is 1. The van der Waals surface area contributed by atoms with Gasteiger partial charge in [0, 0.05) is 47.1 Å². The average molecular weight is 382 g/mol. The zero-order valence-electron chi connectivity index (χ0n) is 15.9. The van der Waals surface area contributed by atoms with Crippen LogP contribution < -0.4 is 11.1 Å². The number of para-hydroxylation sites is 1. The second-order valence-electron chi connectivity index (χ2n) is 7.22. The van der Waals surface area contributed by atoms with Gasteiger partial charge in [0.1, 0.15) is 5.82 Å². The molecule has 5 aromatic rings. The van der Waals surface area contributed by atoms with Crippen molar-refractivity contribution in [3.63, 3.8) is 0 Å². The van der Waals surface area contributed by atoms with Gasteiger partial charge in [-0.2, -0.15) is 4.98 Å². The summed E-state index contributed by atoms with van der Waals surface area (Å²) in [6, 6.07) is 16.7. The summed E-state index contributed by atoms with van der Waals surface area (Å²) in [7, 11) is 0. The molecule has 0 radical (unpaired) electrons. The van der Waals surface area contributed by atoms with Crippen molar-refractivity contribution in [2.75, 3.05) is 11.1 Å². The third kappa shape index (κ3) is 3.52. The molecule has 3 aromatic heterocycles. The van der Waals surface area contributed by atoms with E-state index in [0.717, 1.165) is 29.4 Å². The summed E-state index contributed by atoms with van der Waals surface area (Å²) in [5, 5.41) is 5.71. The van der Waals surface area contributed by atoms with E-state index in [1.807, 2.05) is 18.5 Å². The molecular formula is C23H22N6. The molecule has 6 nitrogen and oxygen atoms in total. The van der Waals surface area contributed by atoms with Gasteiger partial charge >= 0.3 is 0 Å². The van der Waals surface area contributed by atoms with E-state index in [-0.39, 0.29) is 0 Å².